The Bertz CT molecular complexity index is 349. The largest absolute Gasteiger partial charge is 0.367 e. The summed E-state index contributed by atoms with van der Waals surface area (Å²) in [5.41, 5.74) is 0.557. The second kappa shape index (κ2) is 3.20. The second-order valence-electron chi connectivity index (χ2n) is 4.12. The summed E-state index contributed by atoms with van der Waals surface area (Å²) in [6.45, 7) is 8.00. The van der Waals surface area contributed by atoms with Gasteiger partial charge in [-0.3, -0.25) is 4.98 Å². The van der Waals surface area contributed by atoms with Crippen molar-refractivity contribution < 1.29 is 0 Å². The third-order valence-corrected chi connectivity index (χ3v) is 1.50. The Hall–Kier alpha value is -1.32. The Morgan fingerprint density at radius 3 is 2.62 bits per heavy atom. The summed E-state index contributed by atoms with van der Waals surface area (Å²) in [6, 6.07) is 0. The van der Waals surface area contributed by atoms with Crippen LogP contribution in [0, 0.1) is 6.92 Å². The third-order valence-electron chi connectivity index (χ3n) is 1.50. The second-order valence-corrected chi connectivity index (χ2v) is 4.12. The van der Waals surface area contributed by atoms with Crippen molar-refractivity contribution >= 4 is 5.82 Å². The predicted octanol–water partition coefficient (Wildman–Crippen LogP) is 1.29. The number of nitrogens with zero attached hydrogens (tertiary/aromatic N) is 1. The van der Waals surface area contributed by atoms with Crippen LogP contribution in [0.2, 0.25) is 0 Å². The molecule has 1 aromatic rings. The van der Waals surface area contributed by atoms with Gasteiger partial charge in [-0.1, -0.05) is 0 Å². The van der Waals surface area contributed by atoms with Crippen LogP contribution in [0.1, 0.15) is 26.3 Å². The lowest BCUT2D eigenvalue weighted by Crippen LogP contribution is -2.29. The Balaban J connectivity index is 3.01. The standard InChI is InChI=1S/C9H15N3O/c1-6-5-10-8(13)11-7(6)12-9(2,3)4/h5H,1-4H3,(H2,10,11,12,13). The summed E-state index contributed by atoms with van der Waals surface area (Å²) >= 11 is 0. The van der Waals surface area contributed by atoms with Crippen molar-refractivity contribution in [2.45, 2.75) is 33.2 Å². The lowest BCUT2D eigenvalue weighted by molar-refractivity contribution is 0.628. The minimum Gasteiger partial charge on any atom is -0.367 e. The number of anilines is 1. The summed E-state index contributed by atoms with van der Waals surface area (Å²) in [6.07, 6.45) is 1.56. The molecule has 1 aromatic heterocycles. The van der Waals surface area contributed by atoms with E-state index in [1.54, 1.807) is 6.20 Å². The average molecular weight is 181 g/mol. The number of aromatic amines is 1. The molecular weight excluding hydrogens is 166 g/mol. The van der Waals surface area contributed by atoms with Crippen molar-refractivity contribution in [1.29, 1.82) is 0 Å². The fourth-order valence-corrected chi connectivity index (χ4v) is 0.963. The maximum absolute atomic E-state index is 10.9. The fraction of sp³-hybridized carbons (Fsp3) is 0.556. The molecule has 0 spiro atoms. The topological polar surface area (TPSA) is 57.8 Å². The normalized spacial score (nSPS) is 11.4. The Kier molecular flexibility index (Phi) is 2.40. The molecule has 0 aliphatic heterocycles. The molecule has 0 fully saturated rings. The van der Waals surface area contributed by atoms with E-state index in [1.165, 1.54) is 0 Å². The maximum atomic E-state index is 10.9. The molecule has 13 heavy (non-hydrogen) atoms. The highest BCUT2D eigenvalue weighted by Crippen LogP contribution is 2.13. The minimum atomic E-state index is -0.322. The average Bonchev–Trinajstić information content (AvgIpc) is 1.94. The summed E-state index contributed by atoms with van der Waals surface area (Å²) in [5.74, 6) is 0.743. The van der Waals surface area contributed by atoms with Gasteiger partial charge >= 0.3 is 5.69 Å². The molecule has 4 heteroatoms. The zero-order valence-electron chi connectivity index (χ0n) is 8.43. The molecule has 0 amide bonds. The van der Waals surface area contributed by atoms with Gasteiger partial charge < -0.3 is 5.32 Å². The van der Waals surface area contributed by atoms with Gasteiger partial charge in [0.15, 0.2) is 0 Å². The SMILES string of the molecule is Cc1cnc(=O)[nH]c1NC(C)(C)C. The van der Waals surface area contributed by atoms with Gasteiger partial charge in [-0.05, 0) is 27.7 Å². The first-order chi connectivity index (χ1) is 5.88. The molecule has 2 N–H and O–H groups in total. The van der Waals surface area contributed by atoms with Gasteiger partial charge in [-0.25, -0.2) is 9.78 Å². The fourth-order valence-electron chi connectivity index (χ4n) is 0.963. The minimum absolute atomic E-state index is 0.0605. The van der Waals surface area contributed by atoms with E-state index in [1.807, 2.05) is 27.7 Å². The van der Waals surface area contributed by atoms with Crippen LogP contribution in [-0.2, 0) is 0 Å². The predicted molar refractivity (Wildman–Crippen MR) is 53.0 cm³/mol. The van der Waals surface area contributed by atoms with Crippen molar-refractivity contribution in [3.63, 3.8) is 0 Å². The molecule has 0 saturated carbocycles. The summed E-state index contributed by atoms with van der Waals surface area (Å²) in [5, 5.41) is 3.19. The Morgan fingerprint density at radius 2 is 2.08 bits per heavy atom. The van der Waals surface area contributed by atoms with Crippen molar-refractivity contribution in [1.82, 2.24) is 9.97 Å². The molecular formula is C9H15N3O. The number of H-pyrrole nitrogens is 1. The van der Waals surface area contributed by atoms with Crippen LogP contribution in [-0.4, -0.2) is 15.5 Å². The van der Waals surface area contributed by atoms with Crippen LogP contribution in [0.3, 0.4) is 0 Å². The summed E-state index contributed by atoms with van der Waals surface area (Å²) < 4.78 is 0. The molecule has 4 nitrogen and oxygen atoms in total. The van der Waals surface area contributed by atoms with Crippen LogP contribution in [0.5, 0.6) is 0 Å². The van der Waals surface area contributed by atoms with E-state index in [4.69, 9.17) is 0 Å². The van der Waals surface area contributed by atoms with Gasteiger partial charge in [0.1, 0.15) is 5.82 Å². The van der Waals surface area contributed by atoms with Crippen LogP contribution < -0.4 is 11.0 Å². The third kappa shape index (κ3) is 2.89. The lowest BCUT2D eigenvalue weighted by Gasteiger charge is -2.22. The Morgan fingerprint density at radius 1 is 1.46 bits per heavy atom. The molecule has 1 heterocycles. The van der Waals surface area contributed by atoms with Gasteiger partial charge in [0.25, 0.3) is 0 Å². The number of rotatable bonds is 1. The van der Waals surface area contributed by atoms with E-state index in [9.17, 15) is 4.79 Å². The molecule has 0 unspecified atom stereocenters. The van der Waals surface area contributed by atoms with Gasteiger partial charge in [0.2, 0.25) is 0 Å². The van der Waals surface area contributed by atoms with E-state index in [-0.39, 0.29) is 11.2 Å². The highest BCUT2D eigenvalue weighted by atomic mass is 16.1. The van der Waals surface area contributed by atoms with E-state index in [2.05, 4.69) is 15.3 Å². The van der Waals surface area contributed by atoms with E-state index < -0.39 is 0 Å². The molecule has 0 aromatic carbocycles. The first-order valence-electron chi connectivity index (χ1n) is 4.22. The van der Waals surface area contributed by atoms with Crippen molar-refractivity contribution in [3.8, 4) is 0 Å². The monoisotopic (exact) mass is 181 g/mol. The number of nitrogens with one attached hydrogen (secondary N) is 2. The number of aromatic nitrogens is 2. The molecule has 0 aliphatic carbocycles. The highest BCUT2D eigenvalue weighted by Gasteiger charge is 2.11. The molecule has 0 atom stereocenters. The molecule has 1 rings (SSSR count). The van der Waals surface area contributed by atoms with Crippen LogP contribution in [0.15, 0.2) is 11.0 Å². The van der Waals surface area contributed by atoms with Gasteiger partial charge in [0, 0.05) is 17.3 Å². The van der Waals surface area contributed by atoms with Crippen LogP contribution in [0.25, 0.3) is 0 Å². The maximum Gasteiger partial charge on any atom is 0.346 e. The van der Waals surface area contributed by atoms with Crippen molar-refractivity contribution in [2.75, 3.05) is 5.32 Å². The van der Waals surface area contributed by atoms with E-state index >= 15 is 0 Å². The lowest BCUT2D eigenvalue weighted by atomic mass is 10.1. The van der Waals surface area contributed by atoms with E-state index in [0.29, 0.717) is 0 Å². The Labute approximate surface area is 77.4 Å². The van der Waals surface area contributed by atoms with Gasteiger partial charge in [-0.2, -0.15) is 0 Å². The van der Waals surface area contributed by atoms with Gasteiger partial charge in [-0.15, -0.1) is 0 Å². The molecule has 0 saturated heterocycles. The highest BCUT2D eigenvalue weighted by molar-refractivity contribution is 5.42. The zero-order valence-corrected chi connectivity index (χ0v) is 8.43. The summed E-state index contributed by atoms with van der Waals surface area (Å²) in [7, 11) is 0. The van der Waals surface area contributed by atoms with Gasteiger partial charge in [0.05, 0.1) is 0 Å². The smallest absolute Gasteiger partial charge is 0.346 e. The number of hydrogen-bond donors (Lipinski definition) is 2. The first-order valence-corrected chi connectivity index (χ1v) is 4.22. The number of hydrogen-bond acceptors (Lipinski definition) is 3. The van der Waals surface area contributed by atoms with E-state index in [0.717, 1.165) is 11.4 Å². The zero-order chi connectivity index (χ0) is 10.1. The molecule has 0 aliphatic rings. The quantitative estimate of drug-likeness (QED) is 0.686. The van der Waals surface area contributed by atoms with Crippen LogP contribution >= 0.6 is 0 Å². The van der Waals surface area contributed by atoms with Crippen LogP contribution in [0.4, 0.5) is 5.82 Å². The summed E-state index contributed by atoms with van der Waals surface area (Å²) in [4.78, 5) is 17.2. The number of aryl methyl sites for hydroxylation is 1. The molecule has 72 valence electrons. The van der Waals surface area contributed by atoms with Crippen molar-refractivity contribution in [2.24, 2.45) is 0 Å². The molecule has 0 bridgehead atoms. The van der Waals surface area contributed by atoms with Crippen molar-refractivity contribution in [3.05, 3.63) is 22.2 Å². The first kappa shape index (κ1) is 9.77. The molecule has 0 radical (unpaired) electrons.